The Balaban J connectivity index is 2.04. The zero-order valence-corrected chi connectivity index (χ0v) is 11.0. The van der Waals surface area contributed by atoms with Gasteiger partial charge < -0.3 is 10.6 Å². The second-order valence-corrected chi connectivity index (χ2v) is 5.81. The first kappa shape index (κ1) is 12.1. The Labute approximate surface area is 103 Å². The van der Waals surface area contributed by atoms with Gasteiger partial charge in [0.1, 0.15) is 18.0 Å². The monoisotopic (exact) mass is 234 g/mol. The second kappa shape index (κ2) is 4.51. The van der Waals surface area contributed by atoms with E-state index in [0.717, 1.165) is 5.82 Å². The van der Waals surface area contributed by atoms with Crippen LogP contribution in [0.3, 0.4) is 0 Å². The van der Waals surface area contributed by atoms with Gasteiger partial charge in [0.25, 0.3) is 0 Å². The van der Waals surface area contributed by atoms with Gasteiger partial charge in [-0.15, -0.1) is 0 Å². The van der Waals surface area contributed by atoms with Gasteiger partial charge >= 0.3 is 0 Å². The summed E-state index contributed by atoms with van der Waals surface area (Å²) in [5.74, 6) is 1.47. The summed E-state index contributed by atoms with van der Waals surface area (Å²) in [6, 6.07) is 2.43. The predicted octanol–water partition coefficient (Wildman–Crippen LogP) is 2.46. The molecule has 0 radical (unpaired) electrons. The molecule has 0 unspecified atom stereocenters. The van der Waals surface area contributed by atoms with Crippen molar-refractivity contribution in [2.24, 2.45) is 5.41 Å². The van der Waals surface area contributed by atoms with Crippen LogP contribution in [0.1, 0.15) is 39.5 Å². The largest absolute Gasteiger partial charge is 0.384 e. The molecule has 1 aliphatic carbocycles. The van der Waals surface area contributed by atoms with E-state index in [0.29, 0.717) is 17.3 Å². The molecule has 0 aliphatic heterocycles. The molecule has 0 saturated heterocycles. The van der Waals surface area contributed by atoms with Crippen LogP contribution in [0.4, 0.5) is 11.6 Å². The van der Waals surface area contributed by atoms with Crippen LogP contribution in [-0.4, -0.2) is 23.1 Å². The summed E-state index contributed by atoms with van der Waals surface area (Å²) >= 11 is 0. The molecule has 1 fully saturated rings. The molecular weight excluding hydrogens is 212 g/mol. The molecule has 0 amide bonds. The van der Waals surface area contributed by atoms with Gasteiger partial charge in [0.15, 0.2) is 0 Å². The van der Waals surface area contributed by atoms with Gasteiger partial charge in [-0.2, -0.15) is 0 Å². The minimum absolute atomic E-state index is 0.502. The number of rotatable bonds is 2. The van der Waals surface area contributed by atoms with E-state index in [2.05, 4.69) is 35.8 Å². The summed E-state index contributed by atoms with van der Waals surface area (Å²) in [6.07, 6.45) is 6.56. The molecule has 0 spiro atoms. The first-order valence-corrected chi connectivity index (χ1v) is 6.28. The van der Waals surface area contributed by atoms with Gasteiger partial charge in [-0.05, 0) is 31.1 Å². The van der Waals surface area contributed by atoms with Crippen LogP contribution >= 0.6 is 0 Å². The highest BCUT2D eigenvalue weighted by Crippen LogP contribution is 2.37. The Hall–Kier alpha value is -1.32. The fourth-order valence-corrected chi connectivity index (χ4v) is 2.51. The molecular formula is C13H22N4. The van der Waals surface area contributed by atoms with Crippen LogP contribution in [-0.2, 0) is 0 Å². The van der Waals surface area contributed by atoms with E-state index in [-0.39, 0.29) is 0 Å². The summed E-state index contributed by atoms with van der Waals surface area (Å²) in [6.45, 7) is 4.71. The third-order valence-corrected chi connectivity index (χ3v) is 3.89. The van der Waals surface area contributed by atoms with Gasteiger partial charge in [-0.25, -0.2) is 9.97 Å². The number of hydrogen-bond acceptors (Lipinski definition) is 4. The molecule has 94 valence electrons. The summed E-state index contributed by atoms with van der Waals surface area (Å²) < 4.78 is 0. The lowest BCUT2D eigenvalue weighted by molar-refractivity contribution is 0.222. The van der Waals surface area contributed by atoms with Crippen molar-refractivity contribution in [3.63, 3.8) is 0 Å². The molecule has 0 bridgehead atoms. The Morgan fingerprint density at radius 1 is 1.29 bits per heavy atom. The summed E-state index contributed by atoms with van der Waals surface area (Å²) in [4.78, 5) is 10.5. The fraction of sp³-hybridized carbons (Fsp3) is 0.692. The third-order valence-electron chi connectivity index (χ3n) is 3.89. The summed E-state index contributed by atoms with van der Waals surface area (Å²) in [5, 5.41) is 0. The molecule has 1 aromatic heterocycles. The molecule has 17 heavy (non-hydrogen) atoms. The second-order valence-electron chi connectivity index (χ2n) is 5.81. The lowest BCUT2D eigenvalue weighted by Crippen LogP contribution is -2.37. The number of anilines is 2. The van der Waals surface area contributed by atoms with Crippen LogP contribution in [0, 0.1) is 5.41 Å². The molecule has 0 aromatic carbocycles. The molecule has 1 aliphatic rings. The number of nitrogens with two attached hydrogens (primary N) is 1. The van der Waals surface area contributed by atoms with Gasteiger partial charge in [-0.1, -0.05) is 13.8 Å². The number of aromatic nitrogens is 2. The SMILES string of the molecule is CN(c1cc(N)ncn1)C1CCC(C)(C)CC1. The van der Waals surface area contributed by atoms with Gasteiger partial charge in [0.2, 0.25) is 0 Å². The van der Waals surface area contributed by atoms with Gasteiger partial charge in [0.05, 0.1) is 0 Å². The van der Waals surface area contributed by atoms with E-state index in [9.17, 15) is 0 Å². The standard InChI is InChI=1S/C13H22N4/c1-13(2)6-4-10(5-7-13)17(3)12-8-11(14)15-9-16-12/h8-10H,4-7H2,1-3H3,(H2,14,15,16). The lowest BCUT2D eigenvalue weighted by Gasteiger charge is -2.39. The van der Waals surface area contributed by atoms with Crippen molar-refractivity contribution >= 4 is 11.6 Å². The van der Waals surface area contributed by atoms with Crippen molar-refractivity contribution < 1.29 is 0 Å². The van der Waals surface area contributed by atoms with Gasteiger partial charge in [0, 0.05) is 19.2 Å². The maximum Gasteiger partial charge on any atom is 0.134 e. The highest BCUT2D eigenvalue weighted by molar-refractivity contribution is 5.46. The Bertz CT molecular complexity index is 379. The molecule has 4 nitrogen and oxygen atoms in total. The van der Waals surface area contributed by atoms with E-state index in [1.807, 2.05) is 6.07 Å². The summed E-state index contributed by atoms with van der Waals surface area (Å²) in [5.41, 5.74) is 6.19. The van der Waals surface area contributed by atoms with E-state index in [1.54, 1.807) is 0 Å². The molecule has 4 heteroatoms. The molecule has 2 rings (SSSR count). The Morgan fingerprint density at radius 2 is 1.94 bits per heavy atom. The van der Waals surface area contributed by atoms with Crippen LogP contribution in [0.5, 0.6) is 0 Å². The average Bonchev–Trinajstić information content (AvgIpc) is 2.28. The third kappa shape index (κ3) is 2.87. The number of nitrogen functional groups attached to an aromatic ring is 1. The van der Waals surface area contributed by atoms with Crippen molar-refractivity contribution in [2.75, 3.05) is 17.7 Å². The minimum Gasteiger partial charge on any atom is -0.384 e. The lowest BCUT2D eigenvalue weighted by atomic mass is 9.75. The van der Waals surface area contributed by atoms with Crippen molar-refractivity contribution in [3.8, 4) is 0 Å². The normalized spacial score (nSPS) is 20.2. The van der Waals surface area contributed by atoms with Crippen molar-refractivity contribution in [2.45, 2.75) is 45.6 Å². The minimum atomic E-state index is 0.502. The molecule has 0 atom stereocenters. The maximum absolute atomic E-state index is 5.69. The average molecular weight is 234 g/mol. The van der Waals surface area contributed by atoms with E-state index in [4.69, 9.17) is 5.73 Å². The van der Waals surface area contributed by atoms with E-state index >= 15 is 0 Å². The van der Waals surface area contributed by atoms with Crippen molar-refractivity contribution in [1.82, 2.24) is 9.97 Å². The van der Waals surface area contributed by atoms with Gasteiger partial charge in [-0.3, -0.25) is 0 Å². The quantitative estimate of drug-likeness (QED) is 0.854. The molecule has 1 saturated carbocycles. The Morgan fingerprint density at radius 3 is 2.53 bits per heavy atom. The summed E-state index contributed by atoms with van der Waals surface area (Å²) in [7, 11) is 2.10. The highest BCUT2D eigenvalue weighted by Gasteiger charge is 2.29. The number of nitrogens with zero attached hydrogens (tertiary/aromatic N) is 3. The zero-order chi connectivity index (χ0) is 12.5. The van der Waals surface area contributed by atoms with E-state index in [1.165, 1.54) is 32.0 Å². The zero-order valence-electron chi connectivity index (χ0n) is 11.0. The smallest absolute Gasteiger partial charge is 0.134 e. The molecule has 1 heterocycles. The molecule has 1 aromatic rings. The van der Waals surface area contributed by atoms with Crippen molar-refractivity contribution in [1.29, 1.82) is 0 Å². The predicted molar refractivity (Wildman–Crippen MR) is 70.9 cm³/mol. The van der Waals surface area contributed by atoms with Crippen LogP contribution in [0.2, 0.25) is 0 Å². The molecule has 2 N–H and O–H groups in total. The van der Waals surface area contributed by atoms with Crippen LogP contribution in [0.25, 0.3) is 0 Å². The Kier molecular flexibility index (Phi) is 3.22. The first-order valence-electron chi connectivity index (χ1n) is 6.28. The van der Waals surface area contributed by atoms with E-state index < -0.39 is 0 Å². The number of hydrogen-bond donors (Lipinski definition) is 1. The fourth-order valence-electron chi connectivity index (χ4n) is 2.51. The van der Waals surface area contributed by atoms with Crippen molar-refractivity contribution in [3.05, 3.63) is 12.4 Å². The topological polar surface area (TPSA) is 55.0 Å². The van der Waals surface area contributed by atoms with Crippen LogP contribution < -0.4 is 10.6 Å². The highest BCUT2D eigenvalue weighted by atomic mass is 15.2. The maximum atomic E-state index is 5.69. The first-order chi connectivity index (χ1) is 7.98. The van der Waals surface area contributed by atoms with Crippen LogP contribution in [0.15, 0.2) is 12.4 Å².